The summed E-state index contributed by atoms with van der Waals surface area (Å²) in [4.78, 5) is 19.0. The molecule has 0 radical (unpaired) electrons. The molecule has 2 atom stereocenters. The lowest BCUT2D eigenvalue weighted by Gasteiger charge is -2.42. The number of carboxylic acid groups (broad SMARTS) is 1. The number of H-pyrrole nitrogens is 1. The predicted octanol–water partition coefficient (Wildman–Crippen LogP) is 4.82. The van der Waals surface area contributed by atoms with Crippen LogP contribution in [0.4, 0.5) is 17.1 Å². The fourth-order valence-electron chi connectivity index (χ4n) is 5.07. The number of hydrogen-bond acceptors (Lipinski definition) is 7. The molecule has 4 aromatic rings. The lowest BCUT2D eigenvalue weighted by Crippen LogP contribution is -2.50. The van der Waals surface area contributed by atoms with Crippen LogP contribution in [0.15, 0.2) is 59.6 Å². The Labute approximate surface area is 233 Å². The summed E-state index contributed by atoms with van der Waals surface area (Å²) in [6.45, 7) is 8.23. The summed E-state index contributed by atoms with van der Waals surface area (Å²) in [5.74, 6) is -1.05. The number of nitrogens with zero attached hydrogens (tertiary/aromatic N) is 2. The molecule has 10 nitrogen and oxygen atoms in total. The molecule has 1 aliphatic heterocycles. The minimum atomic E-state index is -3.90. The van der Waals surface area contributed by atoms with Crippen molar-refractivity contribution < 1.29 is 18.3 Å². The highest BCUT2D eigenvalue weighted by Gasteiger charge is 2.39. The van der Waals surface area contributed by atoms with Crippen LogP contribution >= 0.6 is 0 Å². The van der Waals surface area contributed by atoms with E-state index in [1.807, 2.05) is 19.1 Å². The van der Waals surface area contributed by atoms with Crippen LogP contribution < -0.4 is 16.4 Å². The molecule has 0 saturated carbocycles. The fourth-order valence-corrected chi connectivity index (χ4v) is 6.35. The van der Waals surface area contributed by atoms with Gasteiger partial charge in [-0.05, 0) is 98.5 Å². The minimum absolute atomic E-state index is 0.0938. The summed E-state index contributed by atoms with van der Waals surface area (Å²) in [6, 6.07) is 12.5. The Morgan fingerprint density at radius 3 is 2.10 bits per heavy atom. The van der Waals surface area contributed by atoms with Crippen molar-refractivity contribution in [1.82, 2.24) is 14.3 Å². The van der Waals surface area contributed by atoms with Gasteiger partial charge in [0, 0.05) is 24.6 Å². The second kappa shape index (κ2) is 10.00. The molecule has 11 heteroatoms. The first-order valence-corrected chi connectivity index (χ1v) is 14.2. The van der Waals surface area contributed by atoms with Crippen molar-refractivity contribution in [2.75, 3.05) is 23.4 Å². The number of nitrogen functional groups attached to an aromatic ring is 1. The molecular weight excluding hydrogens is 528 g/mol. The standard InChI is InChI=1S/C29H32N6O4S/c1-15-16(2)18(4)26-25(17(15)3)33-27(24-13-12-23(32-24)22-11-6-19(14-31-22)29(36)37)28(34-26)35(5)40(38,39)21-9-7-20(30)8-10-21/h6-14,27-28,32-34H,30H2,1-5H3,(H,36,37). The van der Waals surface area contributed by atoms with Crippen LogP contribution in [-0.2, 0) is 10.0 Å². The summed E-state index contributed by atoms with van der Waals surface area (Å²) in [5, 5.41) is 16.4. The Hall–Kier alpha value is -4.35. The minimum Gasteiger partial charge on any atom is -0.478 e. The number of nitrogens with two attached hydrogens (primary N) is 1. The van der Waals surface area contributed by atoms with Gasteiger partial charge in [-0.15, -0.1) is 0 Å². The topological polar surface area (TPSA) is 153 Å². The molecule has 2 unspecified atom stereocenters. The van der Waals surface area contributed by atoms with Crippen molar-refractivity contribution in [3.05, 3.63) is 88.2 Å². The van der Waals surface area contributed by atoms with E-state index in [0.29, 0.717) is 17.1 Å². The molecule has 40 heavy (non-hydrogen) atoms. The van der Waals surface area contributed by atoms with Gasteiger partial charge in [0.1, 0.15) is 12.2 Å². The van der Waals surface area contributed by atoms with E-state index in [9.17, 15) is 18.3 Å². The van der Waals surface area contributed by atoms with Gasteiger partial charge in [-0.1, -0.05) is 0 Å². The lowest BCUT2D eigenvalue weighted by atomic mass is 9.92. The van der Waals surface area contributed by atoms with Gasteiger partial charge in [0.05, 0.1) is 33.2 Å². The van der Waals surface area contributed by atoms with Crippen LogP contribution in [0.3, 0.4) is 0 Å². The van der Waals surface area contributed by atoms with Gasteiger partial charge in [0.2, 0.25) is 10.0 Å². The molecule has 208 valence electrons. The number of likely N-dealkylation sites (N-methyl/N-ethyl adjacent to an activating group) is 1. The number of anilines is 3. The van der Waals surface area contributed by atoms with Gasteiger partial charge in [-0.3, -0.25) is 4.98 Å². The monoisotopic (exact) mass is 560 g/mol. The fraction of sp³-hybridized carbons (Fsp3) is 0.241. The normalized spacial score (nSPS) is 16.8. The van der Waals surface area contributed by atoms with Crippen LogP contribution in [-0.4, -0.2) is 47.0 Å². The lowest BCUT2D eigenvalue weighted by molar-refractivity contribution is 0.0696. The molecule has 3 heterocycles. The number of sulfonamides is 1. The Balaban J connectivity index is 1.59. The number of carbonyl (C=O) groups is 1. The largest absolute Gasteiger partial charge is 0.478 e. The van der Waals surface area contributed by atoms with Crippen molar-refractivity contribution in [2.24, 2.45) is 0 Å². The van der Waals surface area contributed by atoms with Crippen molar-refractivity contribution >= 4 is 33.1 Å². The Morgan fingerprint density at radius 1 is 0.900 bits per heavy atom. The highest BCUT2D eigenvalue weighted by Crippen LogP contribution is 2.43. The molecular formula is C29H32N6O4S. The summed E-state index contributed by atoms with van der Waals surface area (Å²) >= 11 is 0. The number of aromatic carboxylic acids is 1. The van der Waals surface area contributed by atoms with Gasteiger partial charge in [-0.25, -0.2) is 13.2 Å². The number of hydrogen-bond donors (Lipinski definition) is 5. The molecule has 0 amide bonds. The van der Waals surface area contributed by atoms with Crippen LogP contribution in [0.25, 0.3) is 11.4 Å². The number of aromatic amines is 1. The van der Waals surface area contributed by atoms with Crippen LogP contribution in [0.5, 0.6) is 0 Å². The zero-order valence-corrected chi connectivity index (χ0v) is 23.7. The number of nitrogens with one attached hydrogen (secondary N) is 3. The molecule has 2 aromatic carbocycles. The van der Waals surface area contributed by atoms with E-state index in [4.69, 9.17) is 5.73 Å². The summed E-state index contributed by atoms with van der Waals surface area (Å²) in [6.07, 6.45) is 0.603. The third-order valence-electron chi connectivity index (χ3n) is 7.87. The number of pyridine rings is 1. The van der Waals surface area contributed by atoms with Gasteiger partial charge < -0.3 is 26.5 Å². The highest BCUT2D eigenvalue weighted by molar-refractivity contribution is 7.89. The van der Waals surface area contributed by atoms with E-state index in [1.54, 1.807) is 25.2 Å². The average Bonchev–Trinajstić information content (AvgIpc) is 3.44. The molecule has 0 fully saturated rings. The van der Waals surface area contributed by atoms with Gasteiger partial charge >= 0.3 is 5.97 Å². The molecule has 2 aromatic heterocycles. The maximum Gasteiger partial charge on any atom is 0.337 e. The second-order valence-electron chi connectivity index (χ2n) is 10.1. The van der Waals surface area contributed by atoms with E-state index in [-0.39, 0.29) is 10.5 Å². The first-order valence-electron chi connectivity index (χ1n) is 12.8. The van der Waals surface area contributed by atoms with Crippen LogP contribution in [0, 0.1) is 27.7 Å². The maximum atomic E-state index is 13.8. The van der Waals surface area contributed by atoms with Gasteiger partial charge in [-0.2, -0.15) is 4.31 Å². The van der Waals surface area contributed by atoms with E-state index >= 15 is 0 Å². The average molecular weight is 561 g/mol. The van der Waals surface area contributed by atoms with Crippen LogP contribution in [0.1, 0.15) is 44.3 Å². The van der Waals surface area contributed by atoms with E-state index in [2.05, 4.69) is 41.4 Å². The Morgan fingerprint density at radius 2 is 1.52 bits per heavy atom. The molecule has 1 aliphatic rings. The number of rotatable bonds is 6. The third kappa shape index (κ3) is 4.56. The van der Waals surface area contributed by atoms with Crippen molar-refractivity contribution in [3.63, 3.8) is 0 Å². The Kier molecular flexibility index (Phi) is 6.80. The summed E-state index contributed by atoms with van der Waals surface area (Å²) in [5.41, 5.74) is 14.6. The third-order valence-corrected chi connectivity index (χ3v) is 9.73. The van der Waals surface area contributed by atoms with Crippen LogP contribution in [0.2, 0.25) is 0 Å². The molecule has 6 N–H and O–H groups in total. The summed E-state index contributed by atoms with van der Waals surface area (Å²) < 4.78 is 28.9. The van der Waals surface area contributed by atoms with E-state index in [1.165, 1.54) is 34.3 Å². The smallest absolute Gasteiger partial charge is 0.337 e. The van der Waals surface area contributed by atoms with E-state index < -0.39 is 28.2 Å². The molecule has 0 bridgehead atoms. The quantitative estimate of drug-likeness (QED) is 0.211. The molecule has 0 spiro atoms. The number of aromatic nitrogens is 2. The number of carboxylic acids is 1. The second-order valence-corrected chi connectivity index (χ2v) is 12.1. The zero-order chi connectivity index (χ0) is 28.9. The Bertz CT molecular complexity index is 1710. The molecule has 5 rings (SSSR count). The first-order chi connectivity index (χ1) is 18.9. The highest BCUT2D eigenvalue weighted by atomic mass is 32.2. The predicted molar refractivity (Wildman–Crippen MR) is 156 cm³/mol. The van der Waals surface area contributed by atoms with Crippen molar-refractivity contribution in [1.29, 1.82) is 0 Å². The molecule has 0 saturated heterocycles. The van der Waals surface area contributed by atoms with E-state index in [0.717, 1.165) is 33.8 Å². The SMILES string of the molecule is Cc1c(C)c(C)c2c(c1C)NC(c1ccc(-c3ccc(C(=O)O)cn3)[nH]1)C(N(C)S(=O)(=O)c1ccc(N)cc1)N2. The number of benzene rings is 2. The van der Waals surface area contributed by atoms with Crippen molar-refractivity contribution in [2.45, 2.75) is 44.8 Å². The van der Waals surface area contributed by atoms with Gasteiger partial charge in [0.25, 0.3) is 0 Å². The van der Waals surface area contributed by atoms with Gasteiger partial charge in [0.15, 0.2) is 0 Å². The molecule has 0 aliphatic carbocycles. The van der Waals surface area contributed by atoms with Crippen molar-refractivity contribution in [3.8, 4) is 11.4 Å². The first kappa shape index (κ1) is 27.2. The zero-order valence-electron chi connectivity index (χ0n) is 22.9. The number of fused-ring (bicyclic) bond motifs is 1. The maximum absolute atomic E-state index is 13.8. The summed E-state index contributed by atoms with van der Waals surface area (Å²) in [7, 11) is -2.35.